The average Bonchev–Trinajstić information content (AvgIpc) is 2.67. The van der Waals surface area contributed by atoms with Crippen molar-refractivity contribution in [3.63, 3.8) is 0 Å². The molecule has 30 heavy (non-hydrogen) atoms. The SMILES string of the molecule is CCCC(=O)NCCCN(C(=O)Nc1cccc(Cl)c1)c1cccc(C(F)(F)F)c1. The van der Waals surface area contributed by atoms with Crippen LogP contribution in [0.1, 0.15) is 31.7 Å². The lowest BCUT2D eigenvalue weighted by molar-refractivity contribution is -0.137. The van der Waals surface area contributed by atoms with Gasteiger partial charge in [-0.2, -0.15) is 13.2 Å². The Morgan fingerprint density at radius 1 is 1.10 bits per heavy atom. The number of hydrogen-bond donors (Lipinski definition) is 2. The molecule has 0 aromatic heterocycles. The van der Waals surface area contributed by atoms with E-state index in [0.717, 1.165) is 12.1 Å². The van der Waals surface area contributed by atoms with E-state index in [9.17, 15) is 22.8 Å². The van der Waals surface area contributed by atoms with Gasteiger partial charge in [-0.15, -0.1) is 0 Å². The van der Waals surface area contributed by atoms with Gasteiger partial charge in [0.1, 0.15) is 0 Å². The van der Waals surface area contributed by atoms with E-state index < -0.39 is 17.8 Å². The van der Waals surface area contributed by atoms with E-state index in [2.05, 4.69) is 10.6 Å². The molecule has 5 nitrogen and oxygen atoms in total. The number of carbonyl (C=O) groups excluding carboxylic acids is 2. The molecule has 0 heterocycles. The van der Waals surface area contributed by atoms with Gasteiger partial charge in [0.25, 0.3) is 0 Å². The molecule has 2 N–H and O–H groups in total. The lowest BCUT2D eigenvalue weighted by Crippen LogP contribution is -2.37. The Hall–Kier alpha value is -2.74. The number of halogens is 4. The van der Waals surface area contributed by atoms with Crippen LogP contribution >= 0.6 is 11.6 Å². The summed E-state index contributed by atoms with van der Waals surface area (Å²) < 4.78 is 39.3. The number of hydrogen-bond acceptors (Lipinski definition) is 2. The molecular formula is C21H23ClF3N3O2. The summed E-state index contributed by atoms with van der Waals surface area (Å²) in [7, 11) is 0. The minimum absolute atomic E-state index is 0.101. The highest BCUT2D eigenvalue weighted by Crippen LogP contribution is 2.32. The summed E-state index contributed by atoms with van der Waals surface area (Å²) in [4.78, 5) is 25.6. The first-order chi connectivity index (χ1) is 14.2. The lowest BCUT2D eigenvalue weighted by Gasteiger charge is -2.24. The molecule has 0 aliphatic rings. The Labute approximate surface area is 178 Å². The van der Waals surface area contributed by atoms with E-state index >= 15 is 0 Å². The van der Waals surface area contributed by atoms with Gasteiger partial charge in [0.05, 0.1) is 5.56 Å². The van der Waals surface area contributed by atoms with Crippen LogP contribution < -0.4 is 15.5 Å². The normalized spacial score (nSPS) is 11.1. The van der Waals surface area contributed by atoms with Gasteiger partial charge >= 0.3 is 12.2 Å². The molecular weight excluding hydrogens is 419 g/mol. The molecule has 9 heteroatoms. The lowest BCUT2D eigenvalue weighted by atomic mass is 10.1. The summed E-state index contributed by atoms with van der Waals surface area (Å²) in [6, 6.07) is 10.4. The number of nitrogens with one attached hydrogen (secondary N) is 2. The molecule has 3 amide bonds. The first-order valence-corrected chi connectivity index (χ1v) is 9.86. The molecule has 2 aromatic carbocycles. The Morgan fingerprint density at radius 3 is 2.50 bits per heavy atom. The van der Waals surface area contributed by atoms with Gasteiger partial charge in [0.15, 0.2) is 0 Å². The molecule has 162 valence electrons. The van der Waals surface area contributed by atoms with Crippen LogP contribution in [-0.4, -0.2) is 25.0 Å². The van der Waals surface area contributed by atoms with Crippen LogP contribution in [-0.2, 0) is 11.0 Å². The maximum absolute atomic E-state index is 13.1. The number of urea groups is 1. The molecule has 0 saturated heterocycles. The molecule has 0 aliphatic heterocycles. The van der Waals surface area contributed by atoms with Gasteiger partial charge in [-0.25, -0.2) is 4.79 Å². The summed E-state index contributed by atoms with van der Waals surface area (Å²) in [5.41, 5.74) is -0.332. The van der Waals surface area contributed by atoms with Crippen LogP contribution in [0.3, 0.4) is 0 Å². The van der Waals surface area contributed by atoms with E-state index in [-0.39, 0.29) is 18.1 Å². The summed E-state index contributed by atoms with van der Waals surface area (Å²) in [6.45, 7) is 2.30. The van der Waals surface area contributed by atoms with Gasteiger partial charge in [-0.3, -0.25) is 9.69 Å². The van der Waals surface area contributed by atoms with Crippen LogP contribution in [0.4, 0.5) is 29.3 Å². The predicted molar refractivity (Wildman–Crippen MR) is 112 cm³/mol. The van der Waals surface area contributed by atoms with Crippen molar-refractivity contribution in [2.24, 2.45) is 0 Å². The number of anilines is 2. The third-order valence-corrected chi connectivity index (χ3v) is 4.40. The maximum Gasteiger partial charge on any atom is 0.416 e. The van der Waals surface area contributed by atoms with E-state index in [1.54, 1.807) is 18.2 Å². The van der Waals surface area contributed by atoms with Gasteiger partial charge in [0.2, 0.25) is 5.91 Å². The van der Waals surface area contributed by atoms with E-state index in [1.807, 2.05) is 6.92 Å². The van der Waals surface area contributed by atoms with Crippen molar-refractivity contribution in [1.29, 1.82) is 0 Å². The molecule has 0 bridgehead atoms. The monoisotopic (exact) mass is 441 g/mol. The molecule has 0 fully saturated rings. The topological polar surface area (TPSA) is 61.4 Å². The van der Waals surface area contributed by atoms with Crippen molar-refractivity contribution >= 4 is 34.9 Å². The van der Waals surface area contributed by atoms with Crippen LogP contribution in [0.15, 0.2) is 48.5 Å². The number of alkyl halides is 3. The smallest absolute Gasteiger partial charge is 0.356 e. The standard InChI is InChI=1S/C21H23ClF3N3O2/c1-2-6-19(29)26-11-5-12-28(18-10-3-7-15(13-18)21(23,24)25)20(30)27-17-9-4-8-16(22)14-17/h3-4,7-10,13-14H,2,5-6,11-12H2,1H3,(H,26,29)(H,27,30). The second kappa shape index (κ2) is 10.9. The highest BCUT2D eigenvalue weighted by molar-refractivity contribution is 6.30. The van der Waals surface area contributed by atoms with Crippen molar-refractivity contribution in [1.82, 2.24) is 5.32 Å². The quantitative estimate of drug-likeness (QED) is 0.516. The largest absolute Gasteiger partial charge is 0.416 e. The molecule has 0 spiro atoms. The van der Waals surface area contributed by atoms with E-state index in [0.29, 0.717) is 36.5 Å². The number of carbonyl (C=O) groups is 2. The van der Waals surface area contributed by atoms with Crippen molar-refractivity contribution in [3.05, 3.63) is 59.1 Å². The molecule has 2 aromatic rings. The second-order valence-corrected chi connectivity index (χ2v) is 7.03. The van der Waals surface area contributed by atoms with Crippen LogP contribution in [0, 0.1) is 0 Å². The maximum atomic E-state index is 13.1. The Bertz CT molecular complexity index is 875. The first-order valence-electron chi connectivity index (χ1n) is 9.48. The third kappa shape index (κ3) is 7.26. The zero-order chi connectivity index (χ0) is 22.1. The van der Waals surface area contributed by atoms with Crippen LogP contribution in [0.25, 0.3) is 0 Å². The molecule has 0 aliphatic carbocycles. The van der Waals surface area contributed by atoms with Crippen molar-refractivity contribution < 1.29 is 22.8 Å². The fourth-order valence-corrected chi connectivity index (χ4v) is 2.93. The third-order valence-electron chi connectivity index (χ3n) is 4.16. The van der Waals surface area contributed by atoms with E-state index in [1.165, 1.54) is 23.1 Å². The van der Waals surface area contributed by atoms with Crippen molar-refractivity contribution in [2.75, 3.05) is 23.3 Å². The van der Waals surface area contributed by atoms with Gasteiger partial charge in [-0.05, 0) is 49.2 Å². The van der Waals surface area contributed by atoms with Crippen LogP contribution in [0.2, 0.25) is 5.02 Å². The fraction of sp³-hybridized carbons (Fsp3) is 0.333. The van der Waals surface area contributed by atoms with Crippen molar-refractivity contribution in [3.8, 4) is 0 Å². The number of rotatable bonds is 8. The molecule has 0 saturated carbocycles. The second-order valence-electron chi connectivity index (χ2n) is 6.59. The number of amides is 3. The highest BCUT2D eigenvalue weighted by Gasteiger charge is 2.31. The number of benzene rings is 2. The van der Waals surface area contributed by atoms with Crippen LogP contribution in [0.5, 0.6) is 0 Å². The van der Waals surface area contributed by atoms with Gasteiger partial charge < -0.3 is 10.6 Å². The molecule has 0 unspecified atom stereocenters. The molecule has 2 rings (SSSR count). The fourth-order valence-electron chi connectivity index (χ4n) is 2.74. The zero-order valence-corrected chi connectivity index (χ0v) is 17.2. The van der Waals surface area contributed by atoms with Gasteiger partial charge in [-0.1, -0.05) is 30.7 Å². The zero-order valence-electron chi connectivity index (χ0n) is 16.4. The van der Waals surface area contributed by atoms with Gasteiger partial charge in [0, 0.05) is 35.9 Å². The number of nitrogens with zero attached hydrogens (tertiary/aromatic N) is 1. The summed E-state index contributed by atoms with van der Waals surface area (Å²) in [5, 5.41) is 5.78. The van der Waals surface area contributed by atoms with E-state index in [4.69, 9.17) is 11.6 Å². The Morgan fingerprint density at radius 2 is 1.83 bits per heavy atom. The molecule has 0 atom stereocenters. The Kier molecular flexibility index (Phi) is 8.53. The first kappa shape index (κ1) is 23.5. The highest BCUT2D eigenvalue weighted by atomic mass is 35.5. The molecule has 0 radical (unpaired) electrons. The Balaban J connectivity index is 2.17. The summed E-state index contributed by atoms with van der Waals surface area (Å²) in [5.74, 6) is -0.105. The summed E-state index contributed by atoms with van der Waals surface area (Å²) in [6.07, 6.45) is -3.05. The van der Waals surface area contributed by atoms with Crippen molar-refractivity contribution in [2.45, 2.75) is 32.4 Å². The minimum Gasteiger partial charge on any atom is -0.356 e. The average molecular weight is 442 g/mol. The predicted octanol–water partition coefficient (Wildman–Crippen LogP) is 5.70. The summed E-state index contributed by atoms with van der Waals surface area (Å²) >= 11 is 5.92. The minimum atomic E-state index is -4.53.